The zero-order valence-corrected chi connectivity index (χ0v) is 17.3. The average molecular weight is 404 g/mol. The fraction of sp³-hybridized carbons (Fsp3) is 0.375. The van der Waals surface area contributed by atoms with Crippen molar-refractivity contribution < 1.29 is 4.79 Å². The fourth-order valence-electron chi connectivity index (χ4n) is 4.82. The lowest BCUT2D eigenvalue weighted by Gasteiger charge is -2.37. The molecule has 1 aromatic rings. The second-order valence-corrected chi connectivity index (χ2v) is 8.37. The Morgan fingerprint density at radius 3 is 2.57 bits per heavy atom. The zero-order chi connectivity index (χ0) is 20.5. The van der Waals surface area contributed by atoms with Gasteiger partial charge in [0.05, 0.1) is 5.70 Å². The number of carbonyl (C=O) groups excluding carboxylic acids is 1. The van der Waals surface area contributed by atoms with E-state index in [1.807, 2.05) is 18.4 Å². The molecule has 1 amide bonds. The molecule has 0 aliphatic carbocycles. The number of hydrogen-bond donors (Lipinski definition) is 2. The molecular weight excluding hydrogens is 374 g/mol. The number of benzene rings is 1. The number of piperazine rings is 1. The molecule has 6 nitrogen and oxygen atoms in total. The van der Waals surface area contributed by atoms with Crippen LogP contribution in [0.4, 0.5) is 0 Å². The number of hydrogen-bond acceptors (Lipinski definition) is 5. The molecule has 4 aliphatic heterocycles. The molecule has 156 valence electrons. The van der Waals surface area contributed by atoms with Crippen molar-refractivity contribution in [3.05, 3.63) is 83.4 Å². The first-order valence-corrected chi connectivity index (χ1v) is 10.8. The van der Waals surface area contributed by atoms with Crippen LogP contribution in [0.25, 0.3) is 0 Å². The highest BCUT2D eigenvalue weighted by Crippen LogP contribution is 2.38. The predicted octanol–water partition coefficient (Wildman–Crippen LogP) is 2.08. The Labute approximate surface area is 178 Å². The number of carbonyl (C=O) groups is 1. The highest BCUT2D eigenvalue weighted by molar-refractivity contribution is 5.90. The van der Waals surface area contributed by atoms with Gasteiger partial charge in [0.15, 0.2) is 0 Å². The van der Waals surface area contributed by atoms with Crippen LogP contribution >= 0.6 is 0 Å². The predicted molar refractivity (Wildman–Crippen MR) is 118 cm³/mol. The summed E-state index contributed by atoms with van der Waals surface area (Å²) < 4.78 is 0. The van der Waals surface area contributed by atoms with Gasteiger partial charge in [0, 0.05) is 75.8 Å². The van der Waals surface area contributed by atoms with E-state index in [0.717, 1.165) is 69.2 Å². The molecule has 0 bridgehead atoms. The molecule has 1 saturated heterocycles. The molecule has 1 atom stereocenters. The van der Waals surface area contributed by atoms with Crippen LogP contribution in [0.15, 0.2) is 72.2 Å². The Balaban J connectivity index is 1.27. The quantitative estimate of drug-likeness (QED) is 0.738. The van der Waals surface area contributed by atoms with E-state index in [9.17, 15) is 4.79 Å². The van der Waals surface area contributed by atoms with Crippen molar-refractivity contribution >= 4 is 5.91 Å². The van der Waals surface area contributed by atoms with Gasteiger partial charge in [0.2, 0.25) is 5.91 Å². The van der Waals surface area contributed by atoms with Crippen molar-refractivity contribution in [1.29, 1.82) is 0 Å². The Hall–Kier alpha value is -2.83. The van der Waals surface area contributed by atoms with Gasteiger partial charge < -0.3 is 15.5 Å². The summed E-state index contributed by atoms with van der Waals surface area (Å²) in [7, 11) is 0. The minimum absolute atomic E-state index is 0.0409. The SMILES string of the molecule is C=CCN1CCN(Cc2ccc(C3NC=C4C=CC(=O)NC5=C4N3CC5)cc2)CC1. The van der Waals surface area contributed by atoms with E-state index in [1.165, 1.54) is 11.1 Å². The van der Waals surface area contributed by atoms with Gasteiger partial charge in [-0.25, -0.2) is 0 Å². The molecule has 0 radical (unpaired) electrons. The summed E-state index contributed by atoms with van der Waals surface area (Å²) in [5, 5.41) is 6.57. The van der Waals surface area contributed by atoms with Crippen LogP contribution in [-0.4, -0.2) is 59.9 Å². The van der Waals surface area contributed by atoms with Crippen molar-refractivity contribution in [1.82, 2.24) is 25.3 Å². The summed E-state index contributed by atoms with van der Waals surface area (Å²) in [4.78, 5) is 19.3. The summed E-state index contributed by atoms with van der Waals surface area (Å²) >= 11 is 0. The van der Waals surface area contributed by atoms with E-state index in [4.69, 9.17) is 0 Å². The molecule has 2 N–H and O–H groups in total. The van der Waals surface area contributed by atoms with Crippen LogP contribution in [0.2, 0.25) is 0 Å². The maximum atomic E-state index is 11.9. The Morgan fingerprint density at radius 1 is 1.03 bits per heavy atom. The summed E-state index contributed by atoms with van der Waals surface area (Å²) in [6, 6.07) is 8.99. The van der Waals surface area contributed by atoms with Crippen molar-refractivity contribution in [2.24, 2.45) is 0 Å². The van der Waals surface area contributed by atoms with E-state index in [-0.39, 0.29) is 12.1 Å². The highest BCUT2D eigenvalue weighted by Gasteiger charge is 2.35. The molecule has 5 rings (SSSR count). The standard InChI is InChI=1S/C24H29N5O/c1-2-10-27-12-14-28(15-13-27)17-18-3-5-19(6-4-18)24-25-16-20-7-8-22(30)26-21-9-11-29(24)23(20)21/h2-8,16,24-25H,1,9-15,17H2,(H,26,30). The summed E-state index contributed by atoms with van der Waals surface area (Å²) in [5.41, 5.74) is 5.87. The second-order valence-electron chi connectivity index (χ2n) is 8.37. The van der Waals surface area contributed by atoms with E-state index in [2.05, 4.69) is 56.2 Å². The largest absolute Gasteiger partial charge is 0.367 e. The number of nitrogens with one attached hydrogen (secondary N) is 2. The van der Waals surface area contributed by atoms with Gasteiger partial charge in [-0.3, -0.25) is 14.6 Å². The number of amides is 1. The number of nitrogens with zero attached hydrogens (tertiary/aromatic N) is 3. The fourth-order valence-corrected chi connectivity index (χ4v) is 4.82. The Morgan fingerprint density at radius 2 is 1.80 bits per heavy atom. The third-order valence-corrected chi connectivity index (χ3v) is 6.40. The molecule has 1 fully saturated rings. The van der Waals surface area contributed by atoms with Crippen LogP contribution in [-0.2, 0) is 11.3 Å². The van der Waals surface area contributed by atoms with Gasteiger partial charge in [-0.05, 0) is 17.2 Å². The minimum atomic E-state index is -0.0409. The average Bonchev–Trinajstić information content (AvgIpc) is 3.10. The normalized spacial score (nSPS) is 24.1. The smallest absolute Gasteiger partial charge is 0.248 e. The minimum Gasteiger partial charge on any atom is -0.367 e. The van der Waals surface area contributed by atoms with Gasteiger partial charge >= 0.3 is 0 Å². The Kier molecular flexibility index (Phi) is 5.19. The summed E-state index contributed by atoms with van der Waals surface area (Å²) in [5.74, 6) is -0.0409. The van der Waals surface area contributed by atoms with Crippen LogP contribution in [0.3, 0.4) is 0 Å². The van der Waals surface area contributed by atoms with E-state index in [1.54, 1.807) is 6.08 Å². The first-order valence-electron chi connectivity index (χ1n) is 10.8. The lowest BCUT2D eigenvalue weighted by molar-refractivity contribution is -0.115. The number of allylic oxidation sites excluding steroid dienone is 1. The molecule has 0 saturated carbocycles. The molecule has 0 spiro atoms. The van der Waals surface area contributed by atoms with Gasteiger partial charge in [0.1, 0.15) is 6.17 Å². The molecule has 1 aromatic carbocycles. The molecular formula is C24H29N5O. The maximum Gasteiger partial charge on any atom is 0.248 e. The van der Waals surface area contributed by atoms with Crippen LogP contribution in [0.5, 0.6) is 0 Å². The van der Waals surface area contributed by atoms with Crippen LogP contribution in [0, 0.1) is 0 Å². The molecule has 1 unspecified atom stereocenters. The molecule has 4 heterocycles. The first-order chi connectivity index (χ1) is 14.7. The molecule has 0 aromatic heterocycles. The Bertz CT molecular complexity index is 921. The van der Waals surface area contributed by atoms with Crippen molar-refractivity contribution in [3.63, 3.8) is 0 Å². The second kappa shape index (κ2) is 8.13. The maximum absolute atomic E-state index is 11.9. The monoisotopic (exact) mass is 403 g/mol. The van der Waals surface area contributed by atoms with Crippen molar-refractivity contribution in [2.75, 3.05) is 39.3 Å². The topological polar surface area (TPSA) is 50.9 Å². The summed E-state index contributed by atoms with van der Waals surface area (Å²) in [6.45, 7) is 11.2. The zero-order valence-electron chi connectivity index (χ0n) is 17.3. The van der Waals surface area contributed by atoms with E-state index in [0.29, 0.717) is 0 Å². The van der Waals surface area contributed by atoms with Crippen LogP contribution < -0.4 is 10.6 Å². The summed E-state index contributed by atoms with van der Waals surface area (Å²) in [6.07, 6.45) is 8.50. The number of rotatable bonds is 5. The first kappa shape index (κ1) is 19.2. The highest BCUT2D eigenvalue weighted by atomic mass is 16.1. The van der Waals surface area contributed by atoms with Crippen LogP contribution in [0.1, 0.15) is 23.7 Å². The van der Waals surface area contributed by atoms with Gasteiger partial charge in [-0.15, -0.1) is 6.58 Å². The van der Waals surface area contributed by atoms with E-state index < -0.39 is 0 Å². The molecule has 6 heteroatoms. The van der Waals surface area contributed by atoms with Gasteiger partial charge in [-0.1, -0.05) is 30.3 Å². The molecule has 30 heavy (non-hydrogen) atoms. The lowest BCUT2D eigenvalue weighted by atomic mass is 10.0. The third-order valence-electron chi connectivity index (χ3n) is 6.40. The lowest BCUT2D eigenvalue weighted by Crippen LogP contribution is -2.45. The van der Waals surface area contributed by atoms with Gasteiger partial charge in [0.25, 0.3) is 0 Å². The van der Waals surface area contributed by atoms with Crippen molar-refractivity contribution in [3.8, 4) is 0 Å². The van der Waals surface area contributed by atoms with E-state index >= 15 is 0 Å². The molecule has 4 aliphatic rings. The van der Waals surface area contributed by atoms with Crippen molar-refractivity contribution in [2.45, 2.75) is 19.1 Å². The third kappa shape index (κ3) is 3.68. The van der Waals surface area contributed by atoms with Gasteiger partial charge in [-0.2, -0.15) is 0 Å².